The van der Waals surface area contributed by atoms with Crippen LogP contribution in [0.15, 0.2) is 24.3 Å². The number of nitrogens with two attached hydrogens (primary N) is 1. The Morgan fingerprint density at radius 3 is 2.00 bits per heavy atom. The summed E-state index contributed by atoms with van der Waals surface area (Å²) in [5.74, 6) is -4.30. The van der Waals surface area contributed by atoms with Crippen LogP contribution in [0.5, 0.6) is 5.75 Å². The zero-order valence-corrected chi connectivity index (χ0v) is 21.4. The summed E-state index contributed by atoms with van der Waals surface area (Å²) in [4.78, 5) is 60.5. The van der Waals surface area contributed by atoms with Gasteiger partial charge in [-0.1, -0.05) is 12.1 Å². The third-order valence-electron chi connectivity index (χ3n) is 5.06. The van der Waals surface area contributed by atoms with Crippen molar-refractivity contribution in [3.8, 4) is 5.75 Å². The van der Waals surface area contributed by atoms with Crippen LogP contribution in [0.2, 0.25) is 0 Å². The summed E-state index contributed by atoms with van der Waals surface area (Å²) in [5.41, 5.74) is 6.38. The number of nitrogens with one attached hydrogen (secondary N) is 3. The maximum absolute atomic E-state index is 13.0. The van der Waals surface area contributed by atoms with Crippen LogP contribution in [-0.2, 0) is 30.4 Å². The molecule has 0 heterocycles. The smallest absolute Gasteiger partial charge is 0.326 e. The Labute approximate surface area is 218 Å². The van der Waals surface area contributed by atoms with E-state index in [2.05, 4.69) is 28.6 Å². The van der Waals surface area contributed by atoms with Crippen LogP contribution in [0.3, 0.4) is 0 Å². The molecule has 0 saturated carbocycles. The predicted molar refractivity (Wildman–Crippen MR) is 137 cm³/mol. The van der Waals surface area contributed by atoms with Crippen molar-refractivity contribution in [3.63, 3.8) is 0 Å². The number of benzene rings is 1. The molecule has 3 amide bonds. The molecule has 4 atom stereocenters. The second-order valence-electron chi connectivity index (χ2n) is 7.90. The number of hydrogen-bond acceptors (Lipinski definition) is 9. The van der Waals surface area contributed by atoms with Crippen molar-refractivity contribution < 1.29 is 39.3 Å². The van der Waals surface area contributed by atoms with E-state index in [1.165, 1.54) is 36.0 Å². The molecule has 200 valence electrons. The fraction of sp³-hybridized carbons (Fsp3) is 0.500. The number of aromatic hydroxyl groups is 1. The zero-order chi connectivity index (χ0) is 27.3. The van der Waals surface area contributed by atoms with Gasteiger partial charge < -0.3 is 37.0 Å². The standard InChI is InChI=1S/C22H32N4O8S2/c1-36-9-8-14(23)19(30)26-17(11-35)21(32)25-16(10-12-2-4-13(27)5-3-12)20(31)24-15(22(33)34)6-7-18(28)29/h2-5,14-17,27,35H,6-11,23H2,1H3,(H,24,31)(H,25,32)(H,26,30)(H,28,29)(H,33,34). The van der Waals surface area contributed by atoms with E-state index in [0.29, 0.717) is 17.7 Å². The maximum Gasteiger partial charge on any atom is 0.326 e. The first kappa shape index (κ1) is 31.1. The fourth-order valence-corrected chi connectivity index (χ4v) is 3.74. The molecule has 0 radical (unpaired) electrons. The molecular formula is C22H32N4O8S2. The fourth-order valence-electron chi connectivity index (χ4n) is 3.00. The lowest BCUT2D eigenvalue weighted by molar-refractivity contribution is -0.143. The number of rotatable bonds is 16. The third-order valence-corrected chi connectivity index (χ3v) is 6.07. The number of thiol groups is 1. The predicted octanol–water partition coefficient (Wildman–Crippen LogP) is -0.651. The molecule has 8 N–H and O–H groups in total. The highest BCUT2D eigenvalue weighted by atomic mass is 32.2. The van der Waals surface area contributed by atoms with Crippen molar-refractivity contribution in [1.82, 2.24) is 16.0 Å². The topological polar surface area (TPSA) is 208 Å². The SMILES string of the molecule is CSCCC(N)C(=O)NC(CS)C(=O)NC(Cc1ccc(O)cc1)C(=O)NC(CCC(=O)O)C(=O)O. The monoisotopic (exact) mass is 544 g/mol. The van der Waals surface area contributed by atoms with Gasteiger partial charge in [0.1, 0.15) is 23.9 Å². The van der Waals surface area contributed by atoms with Gasteiger partial charge in [-0.2, -0.15) is 24.4 Å². The molecule has 14 heteroatoms. The average Bonchev–Trinajstić information content (AvgIpc) is 2.83. The second-order valence-corrected chi connectivity index (χ2v) is 9.25. The van der Waals surface area contributed by atoms with Crippen LogP contribution >= 0.6 is 24.4 Å². The van der Waals surface area contributed by atoms with Gasteiger partial charge in [0.15, 0.2) is 0 Å². The molecule has 0 aliphatic heterocycles. The molecule has 0 aliphatic carbocycles. The number of phenolic OH excluding ortho intramolecular Hbond substituents is 1. The van der Waals surface area contributed by atoms with Crippen LogP contribution in [-0.4, -0.2) is 86.9 Å². The zero-order valence-electron chi connectivity index (χ0n) is 19.7. The largest absolute Gasteiger partial charge is 0.508 e. The van der Waals surface area contributed by atoms with Crippen molar-refractivity contribution >= 4 is 54.1 Å². The Morgan fingerprint density at radius 1 is 0.917 bits per heavy atom. The number of carbonyl (C=O) groups is 5. The Morgan fingerprint density at radius 2 is 1.47 bits per heavy atom. The summed E-state index contributed by atoms with van der Waals surface area (Å²) >= 11 is 5.61. The van der Waals surface area contributed by atoms with Gasteiger partial charge in [-0.3, -0.25) is 19.2 Å². The molecule has 0 saturated heterocycles. The number of carboxylic acids is 2. The first-order chi connectivity index (χ1) is 17.0. The second kappa shape index (κ2) is 15.9. The van der Waals surface area contributed by atoms with Gasteiger partial charge in [-0.05, 0) is 42.5 Å². The number of hydrogen-bond donors (Lipinski definition) is 8. The van der Waals surface area contributed by atoms with Crippen molar-refractivity contribution in [3.05, 3.63) is 29.8 Å². The summed E-state index contributed by atoms with van der Waals surface area (Å²) in [6, 6.07) is 1.05. The number of amides is 3. The molecule has 0 spiro atoms. The van der Waals surface area contributed by atoms with Crippen LogP contribution in [0.25, 0.3) is 0 Å². The third kappa shape index (κ3) is 11.2. The van der Waals surface area contributed by atoms with Gasteiger partial charge in [0.05, 0.1) is 6.04 Å². The molecule has 1 rings (SSSR count). The normalized spacial score (nSPS) is 14.1. The molecular weight excluding hydrogens is 512 g/mol. The molecule has 0 aliphatic rings. The van der Waals surface area contributed by atoms with E-state index in [1.54, 1.807) is 0 Å². The Hall–Kier alpha value is -2.97. The molecule has 0 aromatic heterocycles. The first-order valence-electron chi connectivity index (χ1n) is 11.0. The van der Waals surface area contributed by atoms with Crippen LogP contribution in [0.4, 0.5) is 0 Å². The van der Waals surface area contributed by atoms with Crippen molar-refractivity contribution in [2.45, 2.75) is 49.9 Å². The molecule has 4 unspecified atom stereocenters. The summed E-state index contributed by atoms with van der Waals surface area (Å²) in [5, 5.41) is 34.9. The average molecular weight is 545 g/mol. The van der Waals surface area contributed by atoms with E-state index < -0.39 is 60.2 Å². The summed E-state index contributed by atoms with van der Waals surface area (Å²) in [6.45, 7) is 0. The molecule has 0 bridgehead atoms. The van der Waals surface area contributed by atoms with E-state index in [0.717, 1.165) is 0 Å². The summed E-state index contributed by atoms with van der Waals surface area (Å²) in [6.07, 6.45) is 1.33. The van der Waals surface area contributed by atoms with E-state index in [-0.39, 0.29) is 24.3 Å². The van der Waals surface area contributed by atoms with Crippen LogP contribution in [0.1, 0.15) is 24.8 Å². The molecule has 1 aromatic carbocycles. The lowest BCUT2D eigenvalue weighted by Gasteiger charge is -2.24. The van der Waals surface area contributed by atoms with Crippen LogP contribution < -0.4 is 21.7 Å². The van der Waals surface area contributed by atoms with Gasteiger partial charge in [0.25, 0.3) is 0 Å². The lowest BCUT2D eigenvalue weighted by Crippen LogP contribution is -2.58. The van der Waals surface area contributed by atoms with Gasteiger partial charge in [0, 0.05) is 18.6 Å². The highest BCUT2D eigenvalue weighted by Gasteiger charge is 2.30. The quantitative estimate of drug-likeness (QED) is 0.123. The summed E-state index contributed by atoms with van der Waals surface area (Å²) in [7, 11) is 0. The minimum Gasteiger partial charge on any atom is -0.508 e. The van der Waals surface area contributed by atoms with E-state index in [4.69, 9.17) is 10.8 Å². The number of carboxylic acid groups (broad SMARTS) is 2. The van der Waals surface area contributed by atoms with Gasteiger partial charge in [-0.25, -0.2) is 4.79 Å². The Kier molecular flexibility index (Phi) is 13.7. The van der Waals surface area contributed by atoms with E-state index in [9.17, 15) is 34.2 Å². The maximum atomic E-state index is 13.0. The Bertz CT molecular complexity index is 916. The Balaban J connectivity index is 3.03. The van der Waals surface area contributed by atoms with Gasteiger partial charge >= 0.3 is 11.9 Å². The molecule has 36 heavy (non-hydrogen) atoms. The van der Waals surface area contributed by atoms with Gasteiger partial charge in [-0.15, -0.1) is 0 Å². The molecule has 0 fully saturated rings. The van der Waals surface area contributed by atoms with Crippen LogP contribution in [0, 0.1) is 0 Å². The number of phenols is 1. The van der Waals surface area contributed by atoms with E-state index in [1.807, 2.05) is 6.26 Å². The van der Waals surface area contributed by atoms with Crippen molar-refractivity contribution in [1.29, 1.82) is 0 Å². The number of aliphatic carboxylic acids is 2. The first-order valence-corrected chi connectivity index (χ1v) is 13.0. The number of thioether (sulfide) groups is 1. The lowest BCUT2D eigenvalue weighted by atomic mass is 10.0. The minimum absolute atomic E-state index is 0.0148. The highest BCUT2D eigenvalue weighted by Crippen LogP contribution is 2.12. The minimum atomic E-state index is -1.50. The summed E-state index contributed by atoms with van der Waals surface area (Å²) < 4.78 is 0. The molecule has 1 aromatic rings. The molecule has 12 nitrogen and oxygen atoms in total. The number of carbonyl (C=O) groups excluding carboxylic acids is 3. The van der Waals surface area contributed by atoms with Crippen molar-refractivity contribution in [2.24, 2.45) is 5.73 Å². The van der Waals surface area contributed by atoms with E-state index >= 15 is 0 Å². The van der Waals surface area contributed by atoms with Crippen molar-refractivity contribution in [2.75, 3.05) is 17.8 Å². The van der Waals surface area contributed by atoms with Gasteiger partial charge in [0.2, 0.25) is 17.7 Å². The highest BCUT2D eigenvalue weighted by molar-refractivity contribution is 7.98.